The molecule has 1 heterocycles. The maximum Gasteiger partial charge on any atom is 0.261 e. The zero-order valence-corrected chi connectivity index (χ0v) is 13.9. The Kier molecular flexibility index (Phi) is 6.05. The lowest BCUT2D eigenvalue weighted by molar-refractivity contribution is 0.0987. The van der Waals surface area contributed by atoms with Crippen LogP contribution in [0.2, 0.25) is 0 Å². The Morgan fingerprint density at radius 1 is 1.13 bits per heavy atom. The summed E-state index contributed by atoms with van der Waals surface area (Å²) in [7, 11) is 4.01. The van der Waals surface area contributed by atoms with Gasteiger partial charge in [-0.05, 0) is 33.2 Å². The second-order valence-electron chi connectivity index (χ2n) is 5.41. The summed E-state index contributed by atoms with van der Waals surface area (Å²) in [5.41, 5.74) is 1.35. The van der Waals surface area contributed by atoms with Gasteiger partial charge in [-0.15, -0.1) is 0 Å². The van der Waals surface area contributed by atoms with Crippen molar-refractivity contribution in [3.05, 3.63) is 48.3 Å². The second-order valence-corrected chi connectivity index (χ2v) is 5.41. The van der Waals surface area contributed by atoms with Gasteiger partial charge in [0.1, 0.15) is 0 Å². The van der Waals surface area contributed by atoms with E-state index in [0.29, 0.717) is 18.1 Å². The van der Waals surface area contributed by atoms with Crippen molar-refractivity contribution in [1.82, 2.24) is 14.9 Å². The highest BCUT2D eigenvalue weighted by Crippen LogP contribution is 2.16. The van der Waals surface area contributed by atoms with E-state index < -0.39 is 0 Å². The number of likely N-dealkylation sites (N-methyl/N-ethyl adjacent to an activating group) is 1. The van der Waals surface area contributed by atoms with Crippen molar-refractivity contribution >= 4 is 17.5 Å². The van der Waals surface area contributed by atoms with E-state index in [1.165, 1.54) is 0 Å². The molecule has 23 heavy (non-hydrogen) atoms. The Balaban J connectivity index is 2.04. The van der Waals surface area contributed by atoms with Crippen molar-refractivity contribution < 1.29 is 4.79 Å². The summed E-state index contributed by atoms with van der Waals surface area (Å²) >= 11 is 0. The molecule has 0 aliphatic rings. The average Bonchev–Trinajstić information content (AvgIpc) is 2.57. The van der Waals surface area contributed by atoms with Crippen LogP contribution in [-0.4, -0.2) is 54.5 Å². The summed E-state index contributed by atoms with van der Waals surface area (Å²) in [6.07, 6.45) is 3.14. The molecule has 0 radical (unpaired) electrons. The number of rotatable bonds is 7. The van der Waals surface area contributed by atoms with Crippen molar-refractivity contribution in [3.8, 4) is 0 Å². The van der Waals surface area contributed by atoms with E-state index in [1.807, 2.05) is 51.4 Å². The largest absolute Gasteiger partial charge is 0.353 e. The van der Waals surface area contributed by atoms with Crippen LogP contribution in [0.4, 0.5) is 11.6 Å². The first-order valence-electron chi connectivity index (χ1n) is 7.69. The number of nitrogens with one attached hydrogen (secondary N) is 1. The van der Waals surface area contributed by atoms with E-state index in [2.05, 4.69) is 20.2 Å². The van der Waals surface area contributed by atoms with Gasteiger partial charge in [-0.1, -0.05) is 18.2 Å². The maximum absolute atomic E-state index is 12.6. The van der Waals surface area contributed by atoms with Crippen LogP contribution >= 0.6 is 0 Å². The number of carbonyl (C=O) groups excluding carboxylic acids is 1. The van der Waals surface area contributed by atoms with Gasteiger partial charge in [0.25, 0.3) is 5.91 Å². The van der Waals surface area contributed by atoms with Gasteiger partial charge < -0.3 is 15.1 Å². The Morgan fingerprint density at radius 2 is 1.78 bits per heavy atom. The Morgan fingerprint density at radius 3 is 2.35 bits per heavy atom. The molecule has 0 saturated carbocycles. The molecule has 0 bridgehead atoms. The topological polar surface area (TPSA) is 61.4 Å². The fourth-order valence-corrected chi connectivity index (χ4v) is 2.13. The molecule has 0 saturated heterocycles. The molecule has 0 fully saturated rings. The van der Waals surface area contributed by atoms with Crippen LogP contribution in [0.3, 0.4) is 0 Å². The average molecular weight is 313 g/mol. The fourth-order valence-electron chi connectivity index (χ4n) is 2.13. The number of carbonyl (C=O) groups is 1. The highest BCUT2D eigenvalue weighted by Gasteiger charge is 2.16. The van der Waals surface area contributed by atoms with Crippen LogP contribution in [0.25, 0.3) is 0 Å². The number of nitrogens with zero attached hydrogens (tertiary/aromatic N) is 4. The summed E-state index contributed by atoms with van der Waals surface area (Å²) < 4.78 is 0. The molecule has 1 N–H and O–H groups in total. The lowest BCUT2D eigenvalue weighted by Gasteiger charge is -2.20. The van der Waals surface area contributed by atoms with Gasteiger partial charge in [-0.25, -0.2) is 9.97 Å². The van der Waals surface area contributed by atoms with Crippen molar-refractivity contribution in [2.24, 2.45) is 0 Å². The summed E-state index contributed by atoms with van der Waals surface area (Å²) in [6.45, 7) is 4.18. The number of hydrogen-bond acceptors (Lipinski definition) is 5. The summed E-state index contributed by atoms with van der Waals surface area (Å²) in [6, 6.07) is 9.59. The number of hydrogen-bond donors (Lipinski definition) is 1. The molecule has 6 heteroatoms. The van der Waals surface area contributed by atoms with Crippen LogP contribution in [-0.2, 0) is 0 Å². The molecule has 0 atom stereocenters. The summed E-state index contributed by atoms with van der Waals surface area (Å²) in [5, 5.41) is 3.13. The van der Waals surface area contributed by atoms with Crippen LogP contribution in [0.15, 0.2) is 42.7 Å². The predicted octanol–water partition coefficient (Wildman–Crippen LogP) is 2.12. The van der Waals surface area contributed by atoms with E-state index in [1.54, 1.807) is 17.3 Å². The van der Waals surface area contributed by atoms with E-state index in [9.17, 15) is 4.79 Å². The zero-order valence-electron chi connectivity index (χ0n) is 13.9. The molecule has 0 spiro atoms. The molecule has 0 aliphatic heterocycles. The Labute approximate surface area is 137 Å². The standard InChI is InChI=1S/C17H23N5O/c1-4-22(15-8-6-5-7-9-15)16(23)14-12-19-17(20-13-14)18-10-11-21(2)3/h5-9,12-13H,4,10-11H2,1-3H3,(H,18,19,20). The number of benzene rings is 1. The minimum Gasteiger partial charge on any atom is -0.353 e. The van der Waals surface area contributed by atoms with Crippen molar-refractivity contribution in [3.63, 3.8) is 0 Å². The van der Waals surface area contributed by atoms with E-state index in [4.69, 9.17) is 0 Å². The lowest BCUT2D eigenvalue weighted by Crippen LogP contribution is -2.30. The van der Waals surface area contributed by atoms with Crippen LogP contribution in [0.5, 0.6) is 0 Å². The number of amides is 1. The van der Waals surface area contributed by atoms with E-state index >= 15 is 0 Å². The maximum atomic E-state index is 12.6. The molecule has 0 unspecified atom stereocenters. The monoisotopic (exact) mass is 313 g/mol. The first-order valence-corrected chi connectivity index (χ1v) is 7.69. The highest BCUT2D eigenvalue weighted by molar-refractivity contribution is 6.05. The van der Waals surface area contributed by atoms with Crippen LogP contribution in [0.1, 0.15) is 17.3 Å². The van der Waals surface area contributed by atoms with Gasteiger partial charge in [0.15, 0.2) is 0 Å². The van der Waals surface area contributed by atoms with Gasteiger partial charge in [0.2, 0.25) is 5.95 Å². The summed E-state index contributed by atoms with van der Waals surface area (Å²) in [5.74, 6) is 0.435. The minimum atomic E-state index is -0.0986. The highest BCUT2D eigenvalue weighted by atomic mass is 16.2. The van der Waals surface area contributed by atoms with Crippen molar-refractivity contribution in [2.45, 2.75) is 6.92 Å². The van der Waals surface area contributed by atoms with Crippen LogP contribution in [0, 0.1) is 0 Å². The van der Waals surface area contributed by atoms with Crippen molar-refractivity contribution in [2.75, 3.05) is 43.9 Å². The molecule has 1 aromatic carbocycles. The van der Waals surface area contributed by atoms with E-state index in [0.717, 1.165) is 18.8 Å². The van der Waals surface area contributed by atoms with E-state index in [-0.39, 0.29) is 5.91 Å². The molecule has 2 aromatic rings. The second kappa shape index (κ2) is 8.24. The molecule has 122 valence electrons. The third-order valence-corrected chi connectivity index (χ3v) is 3.37. The molecular weight excluding hydrogens is 290 g/mol. The van der Waals surface area contributed by atoms with Gasteiger partial charge in [-0.3, -0.25) is 4.79 Å². The Bertz CT molecular complexity index is 613. The number of anilines is 2. The minimum absolute atomic E-state index is 0.0986. The third-order valence-electron chi connectivity index (χ3n) is 3.37. The molecule has 0 aliphatic carbocycles. The first-order chi connectivity index (χ1) is 11.1. The molecule has 6 nitrogen and oxygen atoms in total. The normalized spacial score (nSPS) is 10.6. The lowest BCUT2D eigenvalue weighted by atomic mass is 10.2. The summed E-state index contributed by atoms with van der Waals surface area (Å²) in [4.78, 5) is 24.8. The number of para-hydroxylation sites is 1. The quantitative estimate of drug-likeness (QED) is 0.848. The smallest absolute Gasteiger partial charge is 0.261 e. The number of aromatic nitrogens is 2. The van der Waals surface area contributed by atoms with Crippen LogP contribution < -0.4 is 10.2 Å². The fraction of sp³-hybridized carbons (Fsp3) is 0.353. The van der Waals surface area contributed by atoms with Gasteiger partial charge >= 0.3 is 0 Å². The molecular formula is C17H23N5O. The molecule has 1 aromatic heterocycles. The first kappa shape index (κ1) is 16.9. The molecule has 2 rings (SSSR count). The predicted molar refractivity (Wildman–Crippen MR) is 92.9 cm³/mol. The van der Waals surface area contributed by atoms with Crippen molar-refractivity contribution in [1.29, 1.82) is 0 Å². The molecule has 1 amide bonds. The Hall–Kier alpha value is -2.47. The zero-order chi connectivity index (χ0) is 16.7. The van der Waals surface area contributed by atoms with Gasteiger partial charge in [0.05, 0.1) is 5.56 Å². The van der Waals surface area contributed by atoms with Gasteiger partial charge in [-0.2, -0.15) is 0 Å². The van der Waals surface area contributed by atoms with Gasteiger partial charge in [0, 0.05) is 37.7 Å². The third kappa shape index (κ3) is 4.75. The SMILES string of the molecule is CCN(C(=O)c1cnc(NCCN(C)C)nc1)c1ccccc1.